The van der Waals surface area contributed by atoms with E-state index in [-0.39, 0.29) is 0 Å². The van der Waals surface area contributed by atoms with Crippen LogP contribution in [0.1, 0.15) is 17.0 Å². The number of hydrogen-bond donors (Lipinski definition) is 0. The van der Waals surface area contributed by atoms with E-state index in [0.29, 0.717) is 0 Å². The first kappa shape index (κ1) is 10.0. The molecule has 0 spiro atoms. The molecule has 0 fully saturated rings. The normalized spacial score (nSPS) is 10.6. The van der Waals surface area contributed by atoms with Gasteiger partial charge in [-0.25, -0.2) is 4.68 Å². The lowest BCUT2D eigenvalue weighted by Crippen LogP contribution is -2.14. The van der Waals surface area contributed by atoms with Gasteiger partial charge in [0.25, 0.3) is 0 Å². The van der Waals surface area contributed by atoms with Gasteiger partial charge in [-0.15, -0.1) is 0 Å². The lowest BCUT2D eigenvalue weighted by molar-refractivity contribution is 0.837. The van der Waals surface area contributed by atoms with Crippen molar-refractivity contribution in [1.82, 2.24) is 9.78 Å². The van der Waals surface area contributed by atoms with Gasteiger partial charge in [-0.2, -0.15) is 5.10 Å². The maximum atomic E-state index is 4.49. The van der Waals surface area contributed by atoms with E-state index in [2.05, 4.69) is 51.1 Å². The van der Waals surface area contributed by atoms with Crippen molar-refractivity contribution in [2.24, 2.45) is 0 Å². The minimum atomic E-state index is 1.06. The molecule has 1 aromatic carbocycles. The third-order valence-electron chi connectivity index (χ3n) is 2.59. The zero-order chi connectivity index (χ0) is 11.0. The van der Waals surface area contributed by atoms with Crippen LogP contribution in [-0.2, 0) is 0 Å². The molecular formula is C12H15BN2. The monoisotopic (exact) mass is 198 g/mol. The van der Waals surface area contributed by atoms with Gasteiger partial charge in [-0.3, -0.25) is 0 Å². The smallest absolute Gasteiger partial charge is 0.142 e. The Morgan fingerprint density at radius 1 is 1.13 bits per heavy atom. The Morgan fingerprint density at radius 3 is 2.40 bits per heavy atom. The van der Waals surface area contributed by atoms with Crippen molar-refractivity contribution >= 4 is 13.3 Å². The Kier molecular flexibility index (Phi) is 2.39. The molecule has 0 atom stereocenters. The average Bonchev–Trinajstić information content (AvgIpc) is 2.45. The van der Waals surface area contributed by atoms with Gasteiger partial charge < -0.3 is 0 Å². The molecule has 15 heavy (non-hydrogen) atoms. The molecule has 0 N–H and O–H groups in total. The summed E-state index contributed by atoms with van der Waals surface area (Å²) in [4.78, 5) is 0. The summed E-state index contributed by atoms with van der Waals surface area (Å²) in [5.74, 6) is 0. The van der Waals surface area contributed by atoms with Crippen LogP contribution < -0.4 is 5.46 Å². The molecule has 76 valence electrons. The highest BCUT2D eigenvalue weighted by atomic mass is 15.3. The Labute approximate surface area is 91.3 Å². The second-order valence-electron chi connectivity index (χ2n) is 4.13. The predicted octanol–water partition coefficient (Wildman–Crippen LogP) is 1.06. The average molecular weight is 198 g/mol. The summed E-state index contributed by atoms with van der Waals surface area (Å²) in [6.45, 7) is 6.21. The van der Waals surface area contributed by atoms with Gasteiger partial charge in [0, 0.05) is 5.69 Å². The van der Waals surface area contributed by atoms with Crippen molar-refractivity contribution in [3.05, 3.63) is 41.2 Å². The molecule has 0 unspecified atom stereocenters. The van der Waals surface area contributed by atoms with Crippen LogP contribution in [0.5, 0.6) is 0 Å². The van der Waals surface area contributed by atoms with Crippen LogP contribution >= 0.6 is 0 Å². The molecule has 3 heteroatoms. The Morgan fingerprint density at radius 2 is 1.87 bits per heavy atom. The van der Waals surface area contributed by atoms with Crippen molar-refractivity contribution in [2.75, 3.05) is 0 Å². The lowest BCUT2D eigenvalue weighted by atomic mass is 9.92. The van der Waals surface area contributed by atoms with Crippen LogP contribution in [0.2, 0.25) is 0 Å². The van der Waals surface area contributed by atoms with Crippen LogP contribution in [0.15, 0.2) is 24.3 Å². The third kappa shape index (κ3) is 1.82. The summed E-state index contributed by atoms with van der Waals surface area (Å²) in [6, 6.07) is 8.54. The number of rotatable bonds is 1. The number of nitrogens with zero attached hydrogens (tertiary/aromatic N) is 2. The van der Waals surface area contributed by atoms with E-state index in [9.17, 15) is 0 Å². The van der Waals surface area contributed by atoms with E-state index in [4.69, 9.17) is 0 Å². The van der Waals surface area contributed by atoms with Crippen LogP contribution in [0.4, 0.5) is 0 Å². The largest absolute Gasteiger partial charge is 0.238 e. The third-order valence-corrected chi connectivity index (χ3v) is 2.59. The number of benzene rings is 1. The molecular weight excluding hydrogens is 183 g/mol. The maximum absolute atomic E-state index is 4.49. The second kappa shape index (κ2) is 3.57. The highest BCUT2D eigenvalue weighted by Crippen LogP contribution is 2.10. The molecule has 0 aliphatic heterocycles. The molecule has 1 heterocycles. The van der Waals surface area contributed by atoms with Gasteiger partial charge in [0.05, 0.1) is 11.4 Å². The number of aromatic nitrogens is 2. The molecule has 0 aliphatic rings. The first-order chi connectivity index (χ1) is 7.08. The van der Waals surface area contributed by atoms with Crippen molar-refractivity contribution in [3.8, 4) is 5.69 Å². The van der Waals surface area contributed by atoms with E-state index < -0.39 is 0 Å². The Hall–Kier alpha value is -1.51. The van der Waals surface area contributed by atoms with Crippen molar-refractivity contribution < 1.29 is 0 Å². The minimum absolute atomic E-state index is 1.06. The fourth-order valence-electron chi connectivity index (χ4n) is 1.92. The molecule has 0 saturated heterocycles. The van der Waals surface area contributed by atoms with E-state index in [1.165, 1.54) is 22.4 Å². The molecule has 1 aromatic heterocycles. The first-order valence-corrected chi connectivity index (χ1v) is 5.19. The van der Waals surface area contributed by atoms with Crippen molar-refractivity contribution in [3.63, 3.8) is 0 Å². The summed E-state index contributed by atoms with van der Waals surface area (Å²) in [6.07, 6.45) is 0. The minimum Gasteiger partial charge on any atom is -0.238 e. The van der Waals surface area contributed by atoms with Crippen LogP contribution in [0.3, 0.4) is 0 Å². The molecule has 0 radical (unpaired) electrons. The SMILES string of the molecule is Bc1cc(C)ccc1-n1nc(C)cc1C. The standard InChI is InChI=1S/C12H15BN2/c1-8-4-5-12(11(13)6-8)15-10(3)7-9(2)14-15/h4-7H,13H2,1-3H3. The van der Waals surface area contributed by atoms with E-state index in [0.717, 1.165) is 5.69 Å². The molecule has 2 rings (SSSR count). The quantitative estimate of drug-likeness (QED) is 0.626. The van der Waals surface area contributed by atoms with Gasteiger partial charge in [0.1, 0.15) is 7.85 Å². The fourth-order valence-corrected chi connectivity index (χ4v) is 1.92. The van der Waals surface area contributed by atoms with E-state index in [1.54, 1.807) is 0 Å². The molecule has 2 aromatic rings. The van der Waals surface area contributed by atoms with Crippen LogP contribution in [-0.4, -0.2) is 17.6 Å². The van der Waals surface area contributed by atoms with Gasteiger partial charge in [-0.05, 0) is 32.9 Å². The predicted molar refractivity (Wildman–Crippen MR) is 66.0 cm³/mol. The van der Waals surface area contributed by atoms with E-state index in [1.807, 2.05) is 11.6 Å². The first-order valence-electron chi connectivity index (χ1n) is 5.19. The van der Waals surface area contributed by atoms with Crippen molar-refractivity contribution in [1.29, 1.82) is 0 Å². The zero-order valence-corrected chi connectivity index (χ0v) is 9.70. The summed E-state index contributed by atoms with van der Waals surface area (Å²) in [5.41, 5.74) is 5.97. The highest BCUT2D eigenvalue weighted by Gasteiger charge is 2.05. The topological polar surface area (TPSA) is 17.8 Å². The Bertz CT molecular complexity index is 500. The summed E-state index contributed by atoms with van der Waals surface area (Å²) >= 11 is 0. The van der Waals surface area contributed by atoms with Crippen LogP contribution in [0.25, 0.3) is 5.69 Å². The van der Waals surface area contributed by atoms with E-state index >= 15 is 0 Å². The second-order valence-corrected chi connectivity index (χ2v) is 4.13. The molecule has 0 saturated carbocycles. The number of hydrogen-bond acceptors (Lipinski definition) is 1. The van der Waals surface area contributed by atoms with Gasteiger partial charge in [-0.1, -0.05) is 23.2 Å². The summed E-state index contributed by atoms with van der Waals surface area (Å²) in [5, 5.41) is 4.49. The Balaban J connectivity index is 2.59. The molecule has 0 amide bonds. The van der Waals surface area contributed by atoms with Crippen LogP contribution in [0, 0.1) is 20.8 Å². The van der Waals surface area contributed by atoms with Gasteiger partial charge in [0.15, 0.2) is 0 Å². The van der Waals surface area contributed by atoms with Gasteiger partial charge >= 0.3 is 0 Å². The molecule has 0 bridgehead atoms. The number of aryl methyl sites for hydroxylation is 3. The lowest BCUT2D eigenvalue weighted by Gasteiger charge is -2.08. The van der Waals surface area contributed by atoms with Gasteiger partial charge in [0.2, 0.25) is 0 Å². The fraction of sp³-hybridized carbons (Fsp3) is 0.250. The molecule has 0 aliphatic carbocycles. The molecule has 2 nitrogen and oxygen atoms in total. The maximum Gasteiger partial charge on any atom is 0.142 e. The zero-order valence-electron chi connectivity index (χ0n) is 9.70. The van der Waals surface area contributed by atoms with Crippen molar-refractivity contribution in [2.45, 2.75) is 20.8 Å². The summed E-state index contributed by atoms with van der Waals surface area (Å²) in [7, 11) is 2.12. The highest BCUT2D eigenvalue weighted by molar-refractivity contribution is 6.34. The summed E-state index contributed by atoms with van der Waals surface area (Å²) < 4.78 is 2.00.